The van der Waals surface area contributed by atoms with Crippen LogP contribution in [0.4, 0.5) is 0 Å². The van der Waals surface area contributed by atoms with Gasteiger partial charge in [-0.1, -0.05) is 56.3 Å². The zero-order chi connectivity index (χ0) is 21.4. The molecule has 0 radical (unpaired) electrons. The summed E-state index contributed by atoms with van der Waals surface area (Å²) in [6, 6.07) is 16.8. The summed E-state index contributed by atoms with van der Waals surface area (Å²) < 4.78 is 26.6. The van der Waals surface area contributed by atoms with Gasteiger partial charge in [0.1, 0.15) is 6.04 Å². The number of hydrogen-bond donors (Lipinski definition) is 2. The molecule has 158 valence electrons. The van der Waals surface area contributed by atoms with E-state index >= 15 is 0 Å². The van der Waals surface area contributed by atoms with Crippen LogP contribution in [-0.4, -0.2) is 38.3 Å². The number of carbonyl (C=O) groups excluding carboxylic acids is 1. The van der Waals surface area contributed by atoms with Crippen molar-refractivity contribution in [1.29, 1.82) is 0 Å². The van der Waals surface area contributed by atoms with Gasteiger partial charge in [-0.05, 0) is 31.5 Å². The predicted molar refractivity (Wildman–Crippen MR) is 115 cm³/mol. The van der Waals surface area contributed by atoms with Gasteiger partial charge in [-0.25, -0.2) is 8.42 Å². The van der Waals surface area contributed by atoms with Gasteiger partial charge in [0, 0.05) is 18.7 Å². The molecule has 0 heterocycles. The smallest absolute Gasteiger partial charge is 0.275 e. The van der Waals surface area contributed by atoms with Crippen molar-refractivity contribution in [2.24, 2.45) is 0 Å². The van der Waals surface area contributed by atoms with Crippen LogP contribution in [0.25, 0.3) is 0 Å². The molecular weight excluding hydrogens is 386 g/mol. The van der Waals surface area contributed by atoms with Gasteiger partial charge in [-0.3, -0.25) is 4.79 Å². The van der Waals surface area contributed by atoms with Gasteiger partial charge < -0.3 is 10.6 Å². The monoisotopic (exact) mass is 418 g/mol. The summed E-state index contributed by atoms with van der Waals surface area (Å²) in [5.74, 6) is -0.0334. The van der Waals surface area contributed by atoms with Crippen LogP contribution in [0, 0.1) is 0 Å². The standard InChI is InChI=1S/C22H31N3O3S/c1-5-25(6-2)29(27,28)21-14-12-20(13-15-21)17(3)23-16-22(26)24-18(4)19-10-8-7-9-11-19/h7-15,17-18,23H,5-6,16H2,1-4H3,(H,24,26)/p+1/t17-,18+/m0/s1. The van der Waals surface area contributed by atoms with Crippen LogP contribution in [0.15, 0.2) is 59.5 Å². The number of benzene rings is 2. The maximum absolute atomic E-state index is 12.6. The summed E-state index contributed by atoms with van der Waals surface area (Å²) >= 11 is 0. The number of quaternary nitrogens is 1. The third-order valence-corrected chi connectivity index (χ3v) is 7.15. The van der Waals surface area contributed by atoms with Crippen LogP contribution in [-0.2, 0) is 14.8 Å². The number of nitrogens with one attached hydrogen (secondary N) is 1. The Balaban J connectivity index is 1.92. The van der Waals surface area contributed by atoms with Crippen LogP contribution in [0.3, 0.4) is 0 Å². The molecule has 2 aromatic carbocycles. The van der Waals surface area contributed by atoms with Crippen LogP contribution in [0.2, 0.25) is 0 Å². The molecule has 0 spiro atoms. The first-order valence-electron chi connectivity index (χ1n) is 10.1. The lowest BCUT2D eigenvalue weighted by Crippen LogP contribution is -2.87. The number of nitrogens with zero attached hydrogens (tertiary/aromatic N) is 1. The first kappa shape index (κ1) is 23.1. The van der Waals surface area contributed by atoms with Crippen molar-refractivity contribution in [1.82, 2.24) is 9.62 Å². The van der Waals surface area contributed by atoms with Gasteiger partial charge in [0.25, 0.3) is 5.91 Å². The molecule has 0 fully saturated rings. The summed E-state index contributed by atoms with van der Waals surface area (Å²) in [6.45, 7) is 8.82. The minimum Gasteiger partial charge on any atom is -0.345 e. The molecule has 0 bridgehead atoms. The fraction of sp³-hybridized carbons (Fsp3) is 0.409. The van der Waals surface area contributed by atoms with Gasteiger partial charge in [0.05, 0.1) is 10.9 Å². The lowest BCUT2D eigenvalue weighted by atomic mass is 10.1. The van der Waals surface area contributed by atoms with E-state index in [0.29, 0.717) is 24.5 Å². The van der Waals surface area contributed by atoms with Gasteiger partial charge in [0.15, 0.2) is 6.54 Å². The van der Waals surface area contributed by atoms with E-state index in [4.69, 9.17) is 0 Å². The van der Waals surface area contributed by atoms with E-state index in [-0.39, 0.29) is 18.0 Å². The molecule has 0 unspecified atom stereocenters. The molecular formula is C22H32N3O3S+. The topological polar surface area (TPSA) is 83.1 Å². The Morgan fingerprint density at radius 3 is 2.10 bits per heavy atom. The minimum atomic E-state index is -3.45. The number of rotatable bonds is 10. The third kappa shape index (κ3) is 6.13. The van der Waals surface area contributed by atoms with E-state index in [0.717, 1.165) is 11.1 Å². The van der Waals surface area contributed by atoms with Gasteiger partial charge in [-0.2, -0.15) is 4.31 Å². The molecule has 2 atom stereocenters. The molecule has 0 aliphatic heterocycles. The molecule has 0 aliphatic rings. The molecule has 1 amide bonds. The molecule has 0 saturated carbocycles. The number of hydrogen-bond acceptors (Lipinski definition) is 3. The molecule has 3 N–H and O–H groups in total. The highest BCUT2D eigenvalue weighted by atomic mass is 32.2. The van der Waals surface area contributed by atoms with E-state index < -0.39 is 10.0 Å². The summed E-state index contributed by atoms with van der Waals surface area (Å²) in [6.07, 6.45) is 0. The Labute approximate surface area is 174 Å². The summed E-state index contributed by atoms with van der Waals surface area (Å²) in [7, 11) is -3.45. The van der Waals surface area contributed by atoms with Crippen molar-refractivity contribution in [3.63, 3.8) is 0 Å². The minimum absolute atomic E-state index is 0.0334. The zero-order valence-electron chi connectivity index (χ0n) is 17.6. The molecule has 0 saturated heterocycles. The molecule has 2 rings (SSSR count). The predicted octanol–water partition coefficient (Wildman–Crippen LogP) is 2.22. The zero-order valence-corrected chi connectivity index (χ0v) is 18.4. The summed E-state index contributed by atoms with van der Waals surface area (Å²) in [4.78, 5) is 12.6. The summed E-state index contributed by atoms with van der Waals surface area (Å²) in [5, 5.41) is 4.95. The highest BCUT2D eigenvalue weighted by molar-refractivity contribution is 7.89. The fourth-order valence-electron chi connectivity index (χ4n) is 3.20. The quantitative estimate of drug-likeness (QED) is 0.621. The Hall–Kier alpha value is -2.22. The average molecular weight is 419 g/mol. The lowest BCUT2D eigenvalue weighted by Gasteiger charge is -2.19. The van der Waals surface area contributed by atoms with Gasteiger partial charge in [-0.15, -0.1) is 0 Å². The largest absolute Gasteiger partial charge is 0.345 e. The Morgan fingerprint density at radius 2 is 1.55 bits per heavy atom. The summed E-state index contributed by atoms with van der Waals surface area (Å²) in [5.41, 5.74) is 2.05. The molecule has 0 aromatic heterocycles. The number of amides is 1. The first-order valence-corrected chi connectivity index (χ1v) is 11.5. The number of carbonyl (C=O) groups is 1. The average Bonchev–Trinajstić information content (AvgIpc) is 2.73. The van der Waals surface area contributed by atoms with Crippen molar-refractivity contribution in [2.45, 2.75) is 44.7 Å². The van der Waals surface area contributed by atoms with Crippen LogP contribution < -0.4 is 10.6 Å². The van der Waals surface area contributed by atoms with E-state index in [1.165, 1.54) is 4.31 Å². The Morgan fingerprint density at radius 1 is 0.966 bits per heavy atom. The number of nitrogens with two attached hydrogens (primary N) is 1. The normalized spacial score (nSPS) is 13.8. The SMILES string of the molecule is CCN(CC)S(=O)(=O)c1ccc([C@H](C)[NH2+]CC(=O)N[C@H](C)c2ccccc2)cc1. The first-order chi connectivity index (χ1) is 13.8. The molecule has 29 heavy (non-hydrogen) atoms. The fourth-order valence-corrected chi connectivity index (χ4v) is 4.66. The number of sulfonamides is 1. The molecule has 2 aromatic rings. The highest BCUT2D eigenvalue weighted by Crippen LogP contribution is 2.18. The molecule has 7 heteroatoms. The van der Waals surface area contributed by atoms with Crippen molar-refractivity contribution in [3.05, 3.63) is 65.7 Å². The maximum atomic E-state index is 12.6. The van der Waals surface area contributed by atoms with Crippen LogP contribution in [0.5, 0.6) is 0 Å². The van der Waals surface area contributed by atoms with Crippen molar-refractivity contribution < 1.29 is 18.5 Å². The van der Waals surface area contributed by atoms with Gasteiger partial charge in [0.2, 0.25) is 10.0 Å². The van der Waals surface area contributed by atoms with Crippen molar-refractivity contribution in [2.75, 3.05) is 19.6 Å². The maximum Gasteiger partial charge on any atom is 0.275 e. The second-order valence-corrected chi connectivity index (χ2v) is 9.02. The Bertz CT molecular complexity index is 879. The van der Waals surface area contributed by atoms with Crippen LogP contribution in [0.1, 0.15) is 50.9 Å². The molecule has 6 nitrogen and oxygen atoms in total. The second kappa shape index (κ2) is 10.5. The van der Waals surface area contributed by atoms with E-state index in [9.17, 15) is 13.2 Å². The highest BCUT2D eigenvalue weighted by Gasteiger charge is 2.22. The van der Waals surface area contributed by atoms with E-state index in [1.54, 1.807) is 12.1 Å². The van der Waals surface area contributed by atoms with Crippen LogP contribution >= 0.6 is 0 Å². The van der Waals surface area contributed by atoms with E-state index in [2.05, 4.69) is 5.32 Å². The van der Waals surface area contributed by atoms with E-state index in [1.807, 2.05) is 75.5 Å². The third-order valence-electron chi connectivity index (χ3n) is 5.08. The van der Waals surface area contributed by atoms with Gasteiger partial charge >= 0.3 is 0 Å². The van der Waals surface area contributed by atoms with Crippen molar-refractivity contribution >= 4 is 15.9 Å². The van der Waals surface area contributed by atoms with Crippen molar-refractivity contribution in [3.8, 4) is 0 Å². The second-order valence-electron chi connectivity index (χ2n) is 7.09. The Kier molecular flexibility index (Phi) is 8.37. The molecule has 0 aliphatic carbocycles. The lowest BCUT2D eigenvalue weighted by molar-refractivity contribution is -0.682.